The monoisotopic (exact) mass is 223 g/mol. The third-order valence-corrected chi connectivity index (χ3v) is 4.18. The predicted molar refractivity (Wildman–Crippen MR) is 67.9 cm³/mol. The Balaban J connectivity index is 2.07. The molecule has 92 valence electrons. The second-order valence-corrected chi connectivity index (χ2v) is 6.38. The highest BCUT2D eigenvalue weighted by atomic mass is 15.3. The zero-order valence-corrected chi connectivity index (χ0v) is 11.1. The van der Waals surface area contributed by atoms with Gasteiger partial charge >= 0.3 is 0 Å². The van der Waals surface area contributed by atoms with Gasteiger partial charge in [-0.3, -0.25) is 10.3 Å². The first-order valence-electron chi connectivity index (χ1n) is 6.45. The van der Waals surface area contributed by atoms with Gasteiger partial charge in [-0.25, -0.2) is 0 Å². The third kappa shape index (κ3) is 2.10. The summed E-state index contributed by atoms with van der Waals surface area (Å²) < 4.78 is 0. The van der Waals surface area contributed by atoms with Gasteiger partial charge in [-0.1, -0.05) is 20.8 Å². The minimum absolute atomic E-state index is 0.0118. The first kappa shape index (κ1) is 11.9. The molecule has 2 aliphatic rings. The average molecular weight is 223 g/mol. The maximum absolute atomic E-state index is 8.29. The largest absolute Gasteiger partial charge is 0.358 e. The van der Waals surface area contributed by atoms with Gasteiger partial charge in [0.2, 0.25) is 0 Å². The summed E-state index contributed by atoms with van der Waals surface area (Å²) in [4.78, 5) is 4.84. The number of nitrogens with one attached hydrogen (secondary N) is 1. The molecule has 3 nitrogen and oxygen atoms in total. The lowest BCUT2D eigenvalue weighted by Gasteiger charge is -2.34. The standard InChI is InChI=1S/C13H25N3/c1-13(2,3)12(14)16-8-7-10-5-6-11(9-16)15(10)4/h10-11,14H,5-9H2,1-4H3. The summed E-state index contributed by atoms with van der Waals surface area (Å²) >= 11 is 0. The second-order valence-electron chi connectivity index (χ2n) is 6.38. The Morgan fingerprint density at radius 1 is 1.12 bits per heavy atom. The molecule has 0 amide bonds. The van der Waals surface area contributed by atoms with E-state index in [1.807, 2.05) is 0 Å². The Hall–Kier alpha value is -0.570. The van der Waals surface area contributed by atoms with Crippen LogP contribution in [0, 0.1) is 10.8 Å². The third-order valence-electron chi connectivity index (χ3n) is 4.18. The number of rotatable bonds is 0. The zero-order valence-electron chi connectivity index (χ0n) is 11.1. The van der Waals surface area contributed by atoms with Crippen molar-refractivity contribution >= 4 is 5.84 Å². The molecular formula is C13H25N3. The van der Waals surface area contributed by atoms with Crippen LogP contribution in [0.5, 0.6) is 0 Å². The molecule has 0 radical (unpaired) electrons. The average Bonchev–Trinajstić information content (AvgIpc) is 2.39. The van der Waals surface area contributed by atoms with Crippen LogP contribution in [0.1, 0.15) is 40.0 Å². The minimum atomic E-state index is -0.0118. The molecule has 3 heteroatoms. The number of hydrogen-bond acceptors (Lipinski definition) is 2. The fourth-order valence-corrected chi connectivity index (χ4v) is 2.99. The molecule has 2 saturated heterocycles. The molecule has 0 aromatic heterocycles. The summed E-state index contributed by atoms with van der Waals surface area (Å²) in [6.45, 7) is 8.55. The van der Waals surface area contributed by atoms with Crippen molar-refractivity contribution in [2.75, 3.05) is 20.1 Å². The first-order chi connectivity index (χ1) is 7.39. The maximum Gasteiger partial charge on any atom is 0.101 e. The fourth-order valence-electron chi connectivity index (χ4n) is 2.99. The molecule has 0 aromatic rings. The Bertz CT molecular complexity index is 279. The number of amidine groups is 1. The van der Waals surface area contributed by atoms with E-state index in [4.69, 9.17) is 5.41 Å². The van der Waals surface area contributed by atoms with E-state index in [9.17, 15) is 0 Å². The Morgan fingerprint density at radius 2 is 1.75 bits per heavy atom. The molecular weight excluding hydrogens is 198 g/mol. The van der Waals surface area contributed by atoms with E-state index >= 15 is 0 Å². The topological polar surface area (TPSA) is 30.3 Å². The number of likely N-dealkylation sites (N-methyl/N-ethyl adjacent to an activating group) is 1. The second kappa shape index (κ2) is 4.02. The van der Waals surface area contributed by atoms with Crippen molar-refractivity contribution in [3.63, 3.8) is 0 Å². The SMILES string of the molecule is CN1C2CCC1CN(C(=N)C(C)(C)C)CC2. The van der Waals surface area contributed by atoms with Crippen LogP contribution < -0.4 is 0 Å². The Morgan fingerprint density at radius 3 is 2.38 bits per heavy atom. The zero-order chi connectivity index (χ0) is 11.9. The Labute approximate surface area is 99.3 Å². The van der Waals surface area contributed by atoms with Crippen LogP contribution in [-0.4, -0.2) is 47.9 Å². The number of hydrogen-bond donors (Lipinski definition) is 1. The summed E-state index contributed by atoms with van der Waals surface area (Å²) in [6.07, 6.45) is 3.90. The van der Waals surface area contributed by atoms with Gasteiger partial charge in [0.05, 0.1) is 0 Å². The molecule has 2 bridgehead atoms. The van der Waals surface area contributed by atoms with Gasteiger partial charge in [0.15, 0.2) is 0 Å². The van der Waals surface area contributed by atoms with Gasteiger partial charge in [0, 0.05) is 30.6 Å². The lowest BCUT2D eigenvalue weighted by molar-refractivity contribution is 0.243. The number of fused-ring (bicyclic) bond motifs is 2. The van der Waals surface area contributed by atoms with Gasteiger partial charge in [-0.15, -0.1) is 0 Å². The van der Waals surface area contributed by atoms with Gasteiger partial charge in [0.1, 0.15) is 5.84 Å². The number of likely N-dealkylation sites (tertiary alicyclic amines) is 1. The first-order valence-corrected chi connectivity index (χ1v) is 6.45. The summed E-state index contributed by atoms with van der Waals surface area (Å²) in [7, 11) is 2.26. The molecule has 1 N–H and O–H groups in total. The molecule has 0 spiro atoms. The van der Waals surface area contributed by atoms with Crippen LogP contribution in [-0.2, 0) is 0 Å². The van der Waals surface area contributed by atoms with Crippen molar-refractivity contribution in [1.82, 2.24) is 9.80 Å². The Kier molecular flexibility index (Phi) is 2.99. The van der Waals surface area contributed by atoms with Crippen LogP contribution in [0.4, 0.5) is 0 Å². The molecule has 16 heavy (non-hydrogen) atoms. The van der Waals surface area contributed by atoms with Crippen molar-refractivity contribution in [3.8, 4) is 0 Å². The van der Waals surface area contributed by atoms with Gasteiger partial charge in [-0.05, 0) is 26.3 Å². The van der Waals surface area contributed by atoms with E-state index in [1.165, 1.54) is 19.3 Å². The van der Waals surface area contributed by atoms with E-state index < -0.39 is 0 Å². The fraction of sp³-hybridized carbons (Fsp3) is 0.923. The van der Waals surface area contributed by atoms with E-state index in [0.29, 0.717) is 6.04 Å². The van der Waals surface area contributed by atoms with Gasteiger partial charge < -0.3 is 4.90 Å². The molecule has 2 rings (SSSR count). The van der Waals surface area contributed by atoms with Crippen LogP contribution in [0.15, 0.2) is 0 Å². The lowest BCUT2D eigenvalue weighted by atomic mass is 9.93. The molecule has 0 saturated carbocycles. The van der Waals surface area contributed by atoms with Gasteiger partial charge in [0.25, 0.3) is 0 Å². The summed E-state index contributed by atoms with van der Waals surface area (Å²) in [5, 5.41) is 8.29. The summed E-state index contributed by atoms with van der Waals surface area (Å²) in [5.41, 5.74) is -0.0118. The van der Waals surface area contributed by atoms with Crippen LogP contribution >= 0.6 is 0 Å². The maximum atomic E-state index is 8.29. The smallest absolute Gasteiger partial charge is 0.101 e. The highest BCUT2D eigenvalue weighted by molar-refractivity contribution is 5.84. The lowest BCUT2D eigenvalue weighted by Crippen LogP contribution is -2.44. The predicted octanol–water partition coefficient (Wildman–Crippen LogP) is 2.18. The summed E-state index contributed by atoms with van der Waals surface area (Å²) in [6, 6.07) is 1.44. The van der Waals surface area contributed by atoms with Crippen molar-refractivity contribution in [3.05, 3.63) is 0 Å². The normalized spacial score (nSPS) is 31.6. The highest BCUT2D eigenvalue weighted by Gasteiger charge is 2.36. The van der Waals surface area contributed by atoms with E-state index in [1.54, 1.807) is 0 Å². The number of nitrogens with zero attached hydrogens (tertiary/aromatic N) is 2. The van der Waals surface area contributed by atoms with Gasteiger partial charge in [-0.2, -0.15) is 0 Å². The quantitative estimate of drug-likeness (QED) is 0.504. The van der Waals surface area contributed by atoms with Crippen molar-refractivity contribution < 1.29 is 0 Å². The molecule has 2 aliphatic heterocycles. The van der Waals surface area contributed by atoms with E-state index in [0.717, 1.165) is 25.0 Å². The van der Waals surface area contributed by atoms with Crippen LogP contribution in [0.25, 0.3) is 0 Å². The van der Waals surface area contributed by atoms with Crippen LogP contribution in [0.3, 0.4) is 0 Å². The molecule has 2 heterocycles. The van der Waals surface area contributed by atoms with Crippen molar-refractivity contribution in [2.24, 2.45) is 5.41 Å². The van der Waals surface area contributed by atoms with E-state index in [-0.39, 0.29) is 5.41 Å². The van der Waals surface area contributed by atoms with Crippen molar-refractivity contribution in [1.29, 1.82) is 5.41 Å². The van der Waals surface area contributed by atoms with Crippen molar-refractivity contribution in [2.45, 2.75) is 52.1 Å². The van der Waals surface area contributed by atoms with E-state index in [2.05, 4.69) is 37.6 Å². The molecule has 2 unspecified atom stereocenters. The molecule has 2 atom stereocenters. The highest BCUT2D eigenvalue weighted by Crippen LogP contribution is 2.30. The molecule has 2 fully saturated rings. The van der Waals surface area contributed by atoms with Crippen LogP contribution in [0.2, 0.25) is 0 Å². The summed E-state index contributed by atoms with van der Waals surface area (Å²) in [5.74, 6) is 0.813. The molecule has 0 aromatic carbocycles. The minimum Gasteiger partial charge on any atom is -0.358 e. The molecule has 0 aliphatic carbocycles.